The molecule has 0 bridgehead atoms. The van der Waals surface area contributed by atoms with Gasteiger partial charge in [0, 0.05) is 50.1 Å². The average Bonchev–Trinajstić information content (AvgIpc) is 3.18. The molecule has 23 heavy (non-hydrogen) atoms. The summed E-state index contributed by atoms with van der Waals surface area (Å²) in [5.41, 5.74) is 0.181. The van der Waals surface area contributed by atoms with Crippen molar-refractivity contribution in [3.05, 3.63) is 30.2 Å². The minimum atomic E-state index is -3.55. The second-order valence-corrected chi connectivity index (χ2v) is 8.26. The Labute approximate surface area is 138 Å². The quantitative estimate of drug-likeness (QED) is 0.842. The molecular formula is C13H17N5O3S2. The molecule has 1 aliphatic heterocycles. The summed E-state index contributed by atoms with van der Waals surface area (Å²) in [6.07, 6.45) is 3.05. The van der Waals surface area contributed by atoms with E-state index in [-0.39, 0.29) is 10.6 Å². The first-order valence-electron chi connectivity index (χ1n) is 7.04. The molecule has 10 heteroatoms. The molecule has 1 aliphatic rings. The molecule has 8 nitrogen and oxygen atoms in total. The van der Waals surface area contributed by atoms with Crippen LogP contribution in [0.4, 0.5) is 5.82 Å². The van der Waals surface area contributed by atoms with E-state index in [1.807, 2.05) is 0 Å². The third kappa shape index (κ3) is 3.43. The Hall–Kier alpha value is -1.78. The molecule has 3 heterocycles. The third-order valence-corrected chi connectivity index (χ3v) is 6.28. The Morgan fingerprint density at radius 3 is 2.78 bits per heavy atom. The zero-order chi connectivity index (χ0) is 16.4. The maximum atomic E-state index is 12.5. The van der Waals surface area contributed by atoms with Crippen LogP contribution < -0.4 is 5.32 Å². The number of H-pyrrole nitrogens is 1. The highest BCUT2D eigenvalue weighted by atomic mass is 32.2. The van der Waals surface area contributed by atoms with Crippen LogP contribution in [0.3, 0.4) is 0 Å². The normalized spacial score (nSPS) is 16.4. The Balaban J connectivity index is 1.75. The van der Waals surface area contributed by atoms with Gasteiger partial charge in [0.15, 0.2) is 5.82 Å². The van der Waals surface area contributed by atoms with Crippen molar-refractivity contribution in [1.82, 2.24) is 19.1 Å². The number of aryl methyl sites for hydroxylation is 1. The fraction of sp³-hybridized carbons (Fsp3) is 0.385. The van der Waals surface area contributed by atoms with Crippen LogP contribution in [0, 0.1) is 0 Å². The number of rotatable bonds is 4. The molecule has 0 spiro atoms. The first-order chi connectivity index (χ1) is 11.0. The lowest BCUT2D eigenvalue weighted by Gasteiger charge is -2.24. The largest absolute Gasteiger partial charge is 0.356 e. The van der Waals surface area contributed by atoms with Crippen molar-refractivity contribution in [3.63, 3.8) is 0 Å². The number of hydrogen-bond acceptors (Lipinski definition) is 5. The van der Waals surface area contributed by atoms with Crippen LogP contribution in [-0.2, 0) is 17.1 Å². The Morgan fingerprint density at radius 2 is 2.13 bits per heavy atom. The van der Waals surface area contributed by atoms with Crippen LogP contribution in [0.15, 0.2) is 29.4 Å². The highest BCUT2D eigenvalue weighted by Gasteiger charge is 2.27. The molecule has 0 atom stereocenters. The molecule has 0 saturated carbocycles. The SMILES string of the molecule is Cn1ccc(NC(=O)c2cc(S(=O)(=O)N3CCSCC3)c[nH]2)n1. The van der Waals surface area contributed by atoms with Gasteiger partial charge in [-0.2, -0.15) is 21.2 Å². The standard InChI is InChI=1S/C13H17N5O3S2/c1-17-3-2-12(16-17)15-13(19)11-8-10(9-14-11)23(20,21)18-4-6-22-7-5-18/h2-3,8-9,14H,4-7H2,1H3,(H,15,16,19). The van der Waals surface area contributed by atoms with Gasteiger partial charge in [-0.25, -0.2) is 8.42 Å². The van der Waals surface area contributed by atoms with Crippen LogP contribution in [0.2, 0.25) is 0 Å². The highest BCUT2D eigenvalue weighted by Crippen LogP contribution is 2.21. The van der Waals surface area contributed by atoms with Crippen molar-refractivity contribution in [2.75, 3.05) is 29.9 Å². The van der Waals surface area contributed by atoms with E-state index in [2.05, 4.69) is 15.4 Å². The molecule has 0 unspecified atom stereocenters. The molecule has 1 saturated heterocycles. The number of sulfonamides is 1. The first-order valence-corrected chi connectivity index (χ1v) is 9.63. The van der Waals surface area contributed by atoms with Gasteiger partial charge in [0.2, 0.25) is 10.0 Å². The minimum Gasteiger partial charge on any atom is -0.356 e. The minimum absolute atomic E-state index is 0.107. The number of anilines is 1. The molecule has 0 aliphatic carbocycles. The topological polar surface area (TPSA) is 100 Å². The number of carbonyl (C=O) groups excluding carboxylic acids is 1. The predicted molar refractivity (Wildman–Crippen MR) is 88.0 cm³/mol. The summed E-state index contributed by atoms with van der Waals surface area (Å²) >= 11 is 1.74. The van der Waals surface area contributed by atoms with E-state index in [9.17, 15) is 13.2 Å². The van der Waals surface area contributed by atoms with E-state index in [1.165, 1.54) is 16.6 Å². The molecule has 1 fully saturated rings. The summed E-state index contributed by atoms with van der Waals surface area (Å²) in [7, 11) is -1.81. The van der Waals surface area contributed by atoms with Crippen molar-refractivity contribution >= 4 is 33.5 Å². The van der Waals surface area contributed by atoms with Crippen LogP contribution in [0.1, 0.15) is 10.5 Å². The smallest absolute Gasteiger partial charge is 0.273 e. The Bertz CT molecular complexity index is 805. The number of nitrogens with zero attached hydrogens (tertiary/aromatic N) is 3. The van der Waals surface area contributed by atoms with Gasteiger partial charge in [-0.15, -0.1) is 0 Å². The predicted octanol–water partition coefficient (Wildman–Crippen LogP) is 0.738. The van der Waals surface area contributed by atoms with E-state index >= 15 is 0 Å². The van der Waals surface area contributed by atoms with Crippen LogP contribution in [0.5, 0.6) is 0 Å². The van der Waals surface area contributed by atoms with Gasteiger partial charge < -0.3 is 10.3 Å². The lowest BCUT2D eigenvalue weighted by molar-refractivity contribution is 0.102. The van der Waals surface area contributed by atoms with E-state index in [0.717, 1.165) is 11.5 Å². The van der Waals surface area contributed by atoms with Crippen molar-refractivity contribution in [2.45, 2.75) is 4.90 Å². The average molecular weight is 355 g/mol. The molecule has 2 aromatic rings. The lowest BCUT2D eigenvalue weighted by atomic mass is 10.4. The summed E-state index contributed by atoms with van der Waals surface area (Å²) < 4.78 is 28.1. The van der Waals surface area contributed by atoms with E-state index < -0.39 is 15.9 Å². The first kappa shape index (κ1) is 16.1. The maximum Gasteiger partial charge on any atom is 0.273 e. The number of nitrogens with one attached hydrogen (secondary N) is 2. The molecule has 2 N–H and O–H groups in total. The monoisotopic (exact) mass is 355 g/mol. The molecular weight excluding hydrogens is 338 g/mol. The second-order valence-electron chi connectivity index (χ2n) is 5.09. The van der Waals surface area contributed by atoms with E-state index in [1.54, 1.807) is 35.8 Å². The number of hydrogen-bond donors (Lipinski definition) is 2. The van der Waals surface area contributed by atoms with E-state index in [4.69, 9.17) is 0 Å². The second kappa shape index (κ2) is 6.38. The summed E-state index contributed by atoms with van der Waals surface area (Å²) in [6.45, 7) is 0.987. The van der Waals surface area contributed by atoms with Crippen LogP contribution >= 0.6 is 11.8 Å². The molecule has 3 rings (SSSR count). The molecule has 0 radical (unpaired) electrons. The van der Waals surface area contributed by atoms with Crippen molar-refractivity contribution in [1.29, 1.82) is 0 Å². The summed E-state index contributed by atoms with van der Waals surface area (Å²) in [6, 6.07) is 3.01. The van der Waals surface area contributed by atoms with Crippen molar-refractivity contribution in [3.8, 4) is 0 Å². The van der Waals surface area contributed by atoms with Crippen LogP contribution in [0.25, 0.3) is 0 Å². The van der Waals surface area contributed by atoms with Gasteiger partial charge >= 0.3 is 0 Å². The Kier molecular flexibility index (Phi) is 4.46. The maximum absolute atomic E-state index is 12.5. The summed E-state index contributed by atoms with van der Waals surface area (Å²) in [5.74, 6) is 1.55. The van der Waals surface area contributed by atoms with Crippen molar-refractivity contribution < 1.29 is 13.2 Å². The zero-order valence-corrected chi connectivity index (χ0v) is 14.2. The van der Waals surface area contributed by atoms with Crippen molar-refractivity contribution in [2.24, 2.45) is 7.05 Å². The Morgan fingerprint density at radius 1 is 1.39 bits per heavy atom. The number of aromatic amines is 1. The highest BCUT2D eigenvalue weighted by molar-refractivity contribution is 7.99. The summed E-state index contributed by atoms with van der Waals surface area (Å²) in [5, 5.41) is 6.66. The molecule has 0 aromatic carbocycles. The number of amides is 1. The van der Waals surface area contributed by atoms with Gasteiger partial charge in [-0.1, -0.05) is 0 Å². The molecule has 1 amide bonds. The zero-order valence-electron chi connectivity index (χ0n) is 12.5. The van der Waals surface area contributed by atoms with E-state index in [0.29, 0.717) is 18.9 Å². The fourth-order valence-corrected chi connectivity index (χ4v) is 4.83. The third-order valence-electron chi connectivity index (χ3n) is 3.46. The fourth-order valence-electron chi connectivity index (χ4n) is 2.26. The summed E-state index contributed by atoms with van der Waals surface area (Å²) in [4.78, 5) is 15.0. The molecule has 124 valence electrons. The number of carbonyl (C=O) groups is 1. The van der Waals surface area contributed by atoms with Gasteiger partial charge in [0.1, 0.15) is 10.6 Å². The molecule has 2 aromatic heterocycles. The number of thioether (sulfide) groups is 1. The van der Waals surface area contributed by atoms with Gasteiger partial charge in [0.25, 0.3) is 5.91 Å². The van der Waals surface area contributed by atoms with Gasteiger partial charge in [-0.05, 0) is 6.07 Å². The lowest BCUT2D eigenvalue weighted by Crippen LogP contribution is -2.37. The van der Waals surface area contributed by atoms with Gasteiger partial charge in [0.05, 0.1) is 0 Å². The number of aromatic nitrogens is 3. The van der Waals surface area contributed by atoms with Gasteiger partial charge in [-0.3, -0.25) is 9.48 Å². The van der Waals surface area contributed by atoms with Crippen LogP contribution in [-0.4, -0.2) is 58.0 Å².